The maximum Gasteiger partial charge on any atom is 0.130 e. The third-order valence-electron chi connectivity index (χ3n) is 6.87. The molecule has 0 amide bonds. The van der Waals surface area contributed by atoms with E-state index < -0.39 is 0 Å². The number of likely N-dealkylation sites (tertiary alicyclic amines) is 2. The summed E-state index contributed by atoms with van der Waals surface area (Å²) in [5, 5.41) is 0. The highest BCUT2D eigenvalue weighted by Crippen LogP contribution is 2.51. The van der Waals surface area contributed by atoms with E-state index in [1.807, 2.05) is 0 Å². The van der Waals surface area contributed by atoms with Crippen LogP contribution in [0.3, 0.4) is 0 Å². The van der Waals surface area contributed by atoms with Crippen molar-refractivity contribution in [2.45, 2.75) is 77.3 Å². The quantitative estimate of drug-likeness (QED) is 0.836. The molecule has 4 rings (SSSR count). The molecule has 4 nitrogen and oxygen atoms in total. The molecule has 0 N–H and O–H groups in total. The summed E-state index contributed by atoms with van der Waals surface area (Å²) in [6.07, 6.45) is 9.57. The lowest BCUT2D eigenvalue weighted by Gasteiger charge is -2.62. The van der Waals surface area contributed by atoms with Gasteiger partial charge in [-0.25, -0.2) is 9.97 Å². The highest BCUT2D eigenvalue weighted by molar-refractivity contribution is 5.15. The number of rotatable bonds is 4. The molecule has 3 fully saturated rings. The van der Waals surface area contributed by atoms with E-state index in [1.165, 1.54) is 57.4 Å². The summed E-state index contributed by atoms with van der Waals surface area (Å²) in [7, 11) is 0. The lowest BCUT2D eigenvalue weighted by molar-refractivity contribution is -0.122. The Morgan fingerprint density at radius 1 is 1.00 bits per heavy atom. The van der Waals surface area contributed by atoms with Crippen molar-refractivity contribution in [3.8, 4) is 0 Å². The summed E-state index contributed by atoms with van der Waals surface area (Å²) in [5.74, 6) is 2.04. The van der Waals surface area contributed by atoms with Crippen LogP contribution in [-0.2, 0) is 0 Å². The van der Waals surface area contributed by atoms with E-state index in [4.69, 9.17) is 0 Å². The minimum absolute atomic E-state index is 0.417. The summed E-state index contributed by atoms with van der Waals surface area (Å²) < 4.78 is 0. The van der Waals surface area contributed by atoms with Gasteiger partial charge in [-0.3, -0.25) is 4.90 Å². The summed E-state index contributed by atoms with van der Waals surface area (Å²) in [5.41, 5.74) is 2.03. The van der Waals surface area contributed by atoms with Gasteiger partial charge < -0.3 is 4.90 Å². The van der Waals surface area contributed by atoms with Crippen molar-refractivity contribution < 1.29 is 0 Å². The second-order valence-corrected chi connectivity index (χ2v) is 9.40. The van der Waals surface area contributed by atoms with Gasteiger partial charge in [-0.15, -0.1) is 0 Å². The van der Waals surface area contributed by atoms with Crippen molar-refractivity contribution >= 4 is 0 Å². The van der Waals surface area contributed by atoms with Gasteiger partial charge >= 0.3 is 0 Å². The molecule has 2 aliphatic heterocycles. The highest BCUT2D eigenvalue weighted by Gasteiger charge is 2.54. The van der Waals surface area contributed by atoms with Crippen LogP contribution in [0.4, 0.5) is 0 Å². The second kappa shape index (κ2) is 6.62. The van der Waals surface area contributed by atoms with E-state index in [2.05, 4.69) is 59.9 Å². The van der Waals surface area contributed by atoms with Crippen LogP contribution in [0.25, 0.3) is 0 Å². The molecule has 3 heterocycles. The van der Waals surface area contributed by atoms with E-state index in [0.717, 1.165) is 17.9 Å². The average molecular weight is 343 g/mol. The maximum atomic E-state index is 4.56. The van der Waals surface area contributed by atoms with Gasteiger partial charge in [0.15, 0.2) is 0 Å². The zero-order valence-electron chi connectivity index (χ0n) is 16.4. The fourth-order valence-corrected chi connectivity index (χ4v) is 5.09. The fourth-order valence-electron chi connectivity index (χ4n) is 5.09. The third kappa shape index (κ3) is 3.35. The largest absolute Gasteiger partial charge is 0.300 e. The standard InChI is InChI=1S/C21H34N4/c1-15(2)20-22-11-18(12-23-20)17-5-7-24(8-6-17)19-9-21(10-19)13-25(14-21)16(3)4/h11-12,15-17,19H,5-10,13-14H2,1-4H3. The monoisotopic (exact) mass is 342 g/mol. The number of nitrogens with zero attached hydrogens (tertiary/aromatic N) is 4. The first kappa shape index (κ1) is 17.4. The van der Waals surface area contributed by atoms with Crippen molar-refractivity contribution in [3.63, 3.8) is 0 Å². The topological polar surface area (TPSA) is 32.3 Å². The van der Waals surface area contributed by atoms with E-state index in [9.17, 15) is 0 Å². The molecule has 1 aromatic heterocycles. The van der Waals surface area contributed by atoms with Crippen LogP contribution < -0.4 is 0 Å². The summed E-state index contributed by atoms with van der Waals surface area (Å²) in [6, 6.07) is 1.58. The highest BCUT2D eigenvalue weighted by atomic mass is 15.3. The maximum absolute atomic E-state index is 4.56. The molecule has 0 atom stereocenters. The smallest absolute Gasteiger partial charge is 0.130 e. The second-order valence-electron chi connectivity index (χ2n) is 9.40. The van der Waals surface area contributed by atoms with Crippen LogP contribution in [0.15, 0.2) is 12.4 Å². The van der Waals surface area contributed by atoms with Crippen molar-refractivity contribution in [1.29, 1.82) is 0 Å². The zero-order valence-corrected chi connectivity index (χ0v) is 16.4. The minimum atomic E-state index is 0.417. The molecule has 2 saturated heterocycles. The first-order valence-corrected chi connectivity index (χ1v) is 10.3. The van der Waals surface area contributed by atoms with E-state index in [0.29, 0.717) is 17.3 Å². The lowest BCUT2D eigenvalue weighted by atomic mass is 9.59. The van der Waals surface area contributed by atoms with Gasteiger partial charge in [-0.2, -0.15) is 0 Å². The van der Waals surface area contributed by atoms with Crippen LogP contribution in [-0.4, -0.2) is 58.0 Å². The molecular weight excluding hydrogens is 308 g/mol. The molecule has 0 aromatic carbocycles. The molecule has 3 aliphatic rings. The minimum Gasteiger partial charge on any atom is -0.300 e. The molecule has 1 spiro atoms. The van der Waals surface area contributed by atoms with E-state index in [-0.39, 0.29) is 0 Å². The van der Waals surface area contributed by atoms with Gasteiger partial charge in [-0.05, 0) is 69.5 Å². The Morgan fingerprint density at radius 2 is 1.60 bits per heavy atom. The molecule has 25 heavy (non-hydrogen) atoms. The fraction of sp³-hybridized carbons (Fsp3) is 0.810. The Labute approximate surface area is 153 Å². The first-order chi connectivity index (χ1) is 12.0. The SMILES string of the molecule is CC(C)c1ncc(C2CCN(C3CC4(C3)CN(C(C)C)C4)CC2)cn1. The molecule has 1 saturated carbocycles. The molecule has 1 aromatic rings. The molecule has 138 valence electrons. The van der Waals surface area contributed by atoms with Crippen LogP contribution in [0.2, 0.25) is 0 Å². The summed E-state index contributed by atoms with van der Waals surface area (Å²) >= 11 is 0. The Balaban J connectivity index is 1.24. The molecule has 4 heteroatoms. The predicted molar refractivity (Wildman–Crippen MR) is 102 cm³/mol. The number of aromatic nitrogens is 2. The van der Waals surface area contributed by atoms with E-state index in [1.54, 1.807) is 0 Å². The van der Waals surface area contributed by atoms with Crippen LogP contribution in [0, 0.1) is 5.41 Å². The van der Waals surface area contributed by atoms with Gasteiger partial charge in [0, 0.05) is 43.5 Å². The van der Waals surface area contributed by atoms with Gasteiger partial charge in [0.05, 0.1) is 0 Å². The summed E-state index contributed by atoms with van der Waals surface area (Å²) in [6.45, 7) is 14.2. The number of piperidine rings is 1. The molecular formula is C21H34N4. The predicted octanol–water partition coefficient (Wildman–Crippen LogP) is 3.65. The average Bonchev–Trinajstić information content (AvgIpc) is 2.52. The number of hydrogen-bond acceptors (Lipinski definition) is 4. The summed E-state index contributed by atoms with van der Waals surface area (Å²) in [4.78, 5) is 14.5. The van der Waals surface area contributed by atoms with Crippen molar-refractivity contribution in [3.05, 3.63) is 23.8 Å². The first-order valence-electron chi connectivity index (χ1n) is 10.3. The van der Waals surface area contributed by atoms with Crippen molar-refractivity contribution in [2.75, 3.05) is 26.2 Å². The third-order valence-corrected chi connectivity index (χ3v) is 6.87. The Morgan fingerprint density at radius 3 is 2.12 bits per heavy atom. The van der Waals surface area contributed by atoms with Crippen LogP contribution >= 0.6 is 0 Å². The Bertz CT molecular complexity index is 572. The molecule has 0 unspecified atom stereocenters. The molecule has 0 radical (unpaired) electrons. The normalized spacial score (nSPS) is 25.5. The van der Waals surface area contributed by atoms with Crippen molar-refractivity contribution in [1.82, 2.24) is 19.8 Å². The zero-order chi connectivity index (χ0) is 17.6. The van der Waals surface area contributed by atoms with Gasteiger partial charge in [0.1, 0.15) is 5.82 Å². The van der Waals surface area contributed by atoms with Gasteiger partial charge in [0.2, 0.25) is 0 Å². The Hall–Kier alpha value is -1.00. The van der Waals surface area contributed by atoms with Crippen LogP contribution in [0.1, 0.15) is 76.6 Å². The Kier molecular flexibility index (Phi) is 4.61. The lowest BCUT2D eigenvalue weighted by Crippen LogP contribution is -2.68. The van der Waals surface area contributed by atoms with Crippen molar-refractivity contribution in [2.24, 2.45) is 5.41 Å². The molecule has 1 aliphatic carbocycles. The van der Waals surface area contributed by atoms with Crippen LogP contribution in [0.5, 0.6) is 0 Å². The molecule has 0 bridgehead atoms. The van der Waals surface area contributed by atoms with E-state index >= 15 is 0 Å². The van der Waals surface area contributed by atoms with Gasteiger partial charge in [-0.1, -0.05) is 13.8 Å². The van der Waals surface area contributed by atoms with Gasteiger partial charge in [0.25, 0.3) is 0 Å². The number of hydrogen-bond donors (Lipinski definition) is 0.